The highest BCUT2D eigenvalue weighted by Gasteiger charge is 2.12. The first-order valence-corrected chi connectivity index (χ1v) is 7.46. The van der Waals surface area contributed by atoms with Crippen LogP contribution in [0.4, 0.5) is 0 Å². The lowest BCUT2D eigenvalue weighted by Gasteiger charge is -2.24. The van der Waals surface area contributed by atoms with Gasteiger partial charge in [0.1, 0.15) is 0 Å². The third-order valence-electron chi connectivity index (χ3n) is 3.71. The second-order valence-electron chi connectivity index (χ2n) is 5.72. The van der Waals surface area contributed by atoms with E-state index in [1.807, 2.05) is 6.07 Å². The van der Waals surface area contributed by atoms with Crippen LogP contribution in [0.25, 0.3) is 5.57 Å². The average molecular weight is 279 g/mol. The maximum absolute atomic E-state index is 4.48. The Morgan fingerprint density at radius 1 is 1.24 bits per heavy atom. The molecule has 0 radical (unpaired) electrons. The number of hydrogen-bond acceptors (Lipinski definition) is 2. The Bertz CT molecular complexity index is 650. The lowest BCUT2D eigenvalue weighted by atomic mass is 10.1. The Morgan fingerprint density at radius 2 is 2.05 bits per heavy atom. The van der Waals surface area contributed by atoms with Gasteiger partial charge in [0.2, 0.25) is 0 Å². The van der Waals surface area contributed by atoms with Gasteiger partial charge in [-0.05, 0) is 37.5 Å². The normalized spacial score (nSPS) is 14.6. The van der Waals surface area contributed by atoms with Crippen LogP contribution in [0.1, 0.15) is 37.2 Å². The molecule has 0 atom stereocenters. The number of nitrogens with one attached hydrogen (secondary N) is 1. The van der Waals surface area contributed by atoms with E-state index in [4.69, 9.17) is 0 Å². The molecule has 0 unspecified atom stereocenters. The van der Waals surface area contributed by atoms with E-state index in [0.717, 1.165) is 24.2 Å². The minimum atomic E-state index is 0.472. The lowest BCUT2D eigenvalue weighted by Crippen LogP contribution is -2.21. The summed E-state index contributed by atoms with van der Waals surface area (Å²) in [6.45, 7) is 4.38. The fourth-order valence-electron chi connectivity index (χ4n) is 2.50. The topological polar surface area (TPSA) is 31.9 Å². The molecule has 108 valence electrons. The molecule has 21 heavy (non-hydrogen) atoms. The highest BCUT2D eigenvalue weighted by molar-refractivity contribution is 5.65. The number of nitrogens with zero attached hydrogens (tertiary/aromatic N) is 2. The first-order valence-electron chi connectivity index (χ1n) is 7.46. The van der Waals surface area contributed by atoms with Crippen LogP contribution in [0.5, 0.6) is 0 Å². The van der Waals surface area contributed by atoms with Gasteiger partial charge >= 0.3 is 0 Å². The van der Waals surface area contributed by atoms with E-state index in [-0.39, 0.29) is 0 Å². The molecular weight excluding hydrogens is 258 g/mol. The van der Waals surface area contributed by atoms with E-state index < -0.39 is 0 Å². The lowest BCUT2D eigenvalue weighted by molar-refractivity contribution is 0.413. The summed E-state index contributed by atoms with van der Waals surface area (Å²) in [5, 5.41) is 7.64. The van der Waals surface area contributed by atoms with Gasteiger partial charge in [0.15, 0.2) is 0 Å². The fraction of sp³-hybridized carbons (Fsp3) is 0.278. The van der Waals surface area contributed by atoms with Crippen LogP contribution in [0.2, 0.25) is 0 Å². The standard InChI is InChI=1S/C18H21N3/c1-14(2)21-10-6-9-16(13-21)18-12-17(19-20-18)11-15-7-4-3-5-8-15/h3-8,10,12-14H,9,11H2,1-2H3,(H,19,20). The zero-order chi connectivity index (χ0) is 14.7. The highest BCUT2D eigenvalue weighted by atomic mass is 15.1. The van der Waals surface area contributed by atoms with E-state index in [9.17, 15) is 0 Å². The minimum absolute atomic E-state index is 0.472. The molecule has 3 heteroatoms. The SMILES string of the molecule is CC(C)N1C=CCC(c2cc(Cc3ccccc3)[nH]n2)=C1. The molecule has 1 aromatic carbocycles. The molecule has 0 saturated heterocycles. The summed E-state index contributed by atoms with van der Waals surface area (Å²) in [5.41, 5.74) is 4.77. The number of H-pyrrole nitrogens is 1. The summed E-state index contributed by atoms with van der Waals surface area (Å²) in [6, 6.07) is 13.1. The predicted octanol–water partition coefficient (Wildman–Crippen LogP) is 3.97. The van der Waals surface area contributed by atoms with E-state index in [2.05, 4.69) is 77.8 Å². The third-order valence-corrected chi connectivity index (χ3v) is 3.71. The number of benzene rings is 1. The van der Waals surface area contributed by atoms with Crippen molar-refractivity contribution in [2.75, 3.05) is 0 Å². The Labute approximate surface area is 126 Å². The number of hydrogen-bond donors (Lipinski definition) is 1. The van der Waals surface area contributed by atoms with Crippen LogP contribution < -0.4 is 0 Å². The summed E-state index contributed by atoms with van der Waals surface area (Å²) >= 11 is 0. The zero-order valence-corrected chi connectivity index (χ0v) is 12.6. The molecular formula is C18H21N3. The maximum Gasteiger partial charge on any atom is 0.0901 e. The smallest absolute Gasteiger partial charge is 0.0901 e. The van der Waals surface area contributed by atoms with Crippen molar-refractivity contribution < 1.29 is 0 Å². The number of rotatable bonds is 4. The predicted molar refractivity (Wildman–Crippen MR) is 86.5 cm³/mol. The first-order chi connectivity index (χ1) is 10.2. The Morgan fingerprint density at radius 3 is 2.81 bits per heavy atom. The second kappa shape index (κ2) is 6.00. The van der Waals surface area contributed by atoms with Crippen molar-refractivity contribution in [1.82, 2.24) is 15.1 Å². The van der Waals surface area contributed by atoms with Crippen LogP contribution in [-0.4, -0.2) is 21.1 Å². The molecule has 3 nitrogen and oxygen atoms in total. The maximum atomic E-state index is 4.48. The van der Waals surface area contributed by atoms with Crippen molar-refractivity contribution in [2.45, 2.75) is 32.7 Å². The Balaban J connectivity index is 1.76. The summed E-state index contributed by atoms with van der Waals surface area (Å²) < 4.78 is 0. The molecule has 1 aliphatic heterocycles. The molecule has 0 spiro atoms. The van der Waals surface area contributed by atoms with Crippen molar-refractivity contribution >= 4 is 5.57 Å². The quantitative estimate of drug-likeness (QED) is 0.918. The molecule has 2 aromatic rings. The average Bonchev–Trinajstić information content (AvgIpc) is 2.97. The van der Waals surface area contributed by atoms with Crippen LogP contribution >= 0.6 is 0 Å². The van der Waals surface area contributed by atoms with Gasteiger partial charge in [-0.15, -0.1) is 0 Å². The van der Waals surface area contributed by atoms with Crippen molar-refractivity contribution in [3.63, 3.8) is 0 Å². The van der Waals surface area contributed by atoms with Crippen molar-refractivity contribution in [3.05, 3.63) is 71.8 Å². The van der Waals surface area contributed by atoms with E-state index >= 15 is 0 Å². The van der Waals surface area contributed by atoms with E-state index in [1.165, 1.54) is 11.1 Å². The van der Waals surface area contributed by atoms with Crippen LogP contribution in [0, 0.1) is 0 Å². The number of allylic oxidation sites excluding steroid dienone is 2. The summed E-state index contributed by atoms with van der Waals surface area (Å²) in [4.78, 5) is 2.23. The molecule has 0 amide bonds. The summed E-state index contributed by atoms with van der Waals surface area (Å²) in [5.74, 6) is 0. The van der Waals surface area contributed by atoms with Gasteiger partial charge in [-0.25, -0.2) is 0 Å². The fourth-order valence-corrected chi connectivity index (χ4v) is 2.50. The van der Waals surface area contributed by atoms with Gasteiger partial charge in [-0.2, -0.15) is 5.10 Å². The molecule has 0 aliphatic carbocycles. The van der Waals surface area contributed by atoms with Gasteiger partial charge in [0, 0.05) is 30.6 Å². The third kappa shape index (κ3) is 3.24. The van der Waals surface area contributed by atoms with E-state index in [1.54, 1.807) is 0 Å². The van der Waals surface area contributed by atoms with Gasteiger partial charge < -0.3 is 4.90 Å². The van der Waals surface area contributed by atoms with Gasteiger partial charge in [-0.3, -0.25) is 5.10 Å². The summed E-state index contributed by atoms with van der Waals surface area (Å²) in [6.07, 6.45) is 8.38. The Kier molecular flexibility index (Phi) is 3.91. The molecule has 0 bridgehead atoms. The van der Waals surface area contributed by atoms with Gasteiger partial charge in [-0.1, -0.05) is 36.4 Å². The molecule has 1 N–H and O–H groups in total. The second-order valence-corrected chi connectivity index (χ2v) is 5.72. The molecule has 1 aromatic heterocycles. The van der Waals surface area contributed by atoms with Crippen LogP contribution in [0.15, 0.2) is 54.9 Å². The van der Waals surface area contributed by atoms with Crippen molar-refractivity contribution in [3.8, 4) is 0 Å². The molecule has 0 saturated carbocycles. The van der Waals surface area contributed by atoms with Crippen molar-refractivity contribution in [1.29, 1.82) is 0 Å². The van der Waals surface area contributed by atoms with Crippen molar-refractivity contribution in [2.24, 2.45) is 0 Å². The first kappa shape index (κ1) is 13.7. The number of aromatic nitrogens is 2. The Hall–Kier alpha value is -2.29. The molecule has 2 heterocycles. The van der Waals surface area contributed by atoms with Crippen LogP contribution in [-0.2, 0) is 6.42 Å². The van der Waals surface area contributed by atoms with Gasteiger partial charge in [0.25, 0.3) is 0 Å². The number of aromatic amines is 1. The zero-order valence-electron chi connectivity index (χ0n) is 12.6. The highest BCUT2D eigenvalue weighted by Crippen LogP contribution is 2.23. The minimum Gasteiger partial charge on any atom is -0.352 e. The monoisotopic (exact) mass is 279 g/mol. The van der Waals surface area contributed by atoms with Gasteiger partial charge in [0.05, 0.1) is 5.69 Å². The van der Waals surface area contributed by atoms with Crippen LogP contribution in [0.3, 0.4) is 0 Å². The molecule has 0 fully saturated rings. The largest absolute Gasteiger partial charge is 0.352 e. The van der Waals surface area contributed by atoms with E-state index in [0.29, 0.717) is 6.04 Å². The summed E-state index contributed by atoms with van der Waals surface area (Å²) in [7, 11) is 0. The molecule has 3 rings (SSSR count). The molecule has 1 aliphatic rings.